The summed E-state index contributed by atoms with van der Waals surface area (Å²) in [5.74, 6) is 1.14. The van der Waals surface area contributed by atoms with Crippen molar-refractivity contribution in [2.24, 2.45) is 0 Å². The second kappa shape index (κ2) is 10.4. The SMILES string of the molecule is COc1ccc(C[NH+](C)CC(=O)N(C)c2ccccc2C(=O)NCc2ccco2)cc1. The van der Waals surface area contributed by atoms with Crippen LogP contribution in [0.25, 0.3) is 0 Å². The lowest BCUT2D eigenvalue weighted by Gasteiger charge is -2.22. The van der Waals surface area contributed by atoms with Gasteiger partial charge in [0.2, 0.25) is 0 Å². The molecule has 1 unspecified atom stereocenters. The second-order valence-corrected chi connectivity index (χ2v) is 7.39. The van der Waals surface area contributed by atoms with E-state index in [0.717, 1.165) is 16.2 Å². The van der Waals surface area contributed by atoms with Crippen molar-refractivity contribution in [3.63, 3.8) is 0 Å². The Morgan fingerprint density at radius 2 is 1.81 bits per heavy atom. The van der Waals surface area contributed by atoms with E-state index in [1.807, 2.05) is 37.4 Å². The summed E-state index contributed by atoms with van der Waals surface area (Å²) in [7, 11) is 5.30. The molecule has 2 amide bonds. The molecule has 2 aromatic carbocycles. The zero-order valence-corrected chi connectivity index (χ0v) is 18.1. The molecule has 7 heteroatoms. The van der Waals surface area contributed by atoms with Crippen molar-refractivity contribution in [1.82, 2.24) is 5.32 Å². The molecule has 0 fully saturated rings. The number of carbonyl (C=O) groups excluding carboxylic acids is 2. The molecule has 1 heterocycles. The first-order valence-electron chi connectivity index (χ1n) is 10.1. The number of hydrogen-bond donors (Lipinski definition) is 2. The van der Waals surface area contributed by atoms with Gasteiger partial charge in [-0.2, -0.15) is 0 Å². The van der Waals surface area contributed by atoms with Crippen molar-refractivity contribution in [3.8, 4) is 5.75 Å². The Balaban J connectivity index is 1.62. The highest BCUT2D eigenvalue weighted by Gasteiger charge is 2.21. The molecule has 7 nitrogen and oxygen atoms in total. The number of nitrogens with one attached hydrogen (secondary N) is 2. The van der Waals surface area contributed by atoms with E-state index in [1.54, 1.807) is 55.7 Å². The molecule has 3 aromatic rings. The lowest BCUT2D eigenvalue weighted by atomic mass is 10.1. The first-order valence-corrected chi connectivity index (χ1v) is 10.1. The van der Waals surface area contributed by atoms with Crippen LogP contribution in [0.5, 0.6) is 5.75 Å². The van der Waals surface area contributed by atoms with Gasteiger partial charge in [0, 0.05) is 12.6 Å². The second-order valence-electron chi connectivity index (χ2n) is 7.39. The maximum atomic E-state index is 12.9. The lowest BCUT2D eigenvalue weighted by molar-refractivity contribution is -0.885. The van der Waals surface area contributed by atoms with Gasteiger partial charge in [0.05, 0.1) is 38.2 Å². The van der Waals surface area contributed by atoms with Crippen LogP contribution in [0.1, 0.15) is 21.7 Å². The summed E-state index contributed by atoms with van der Waals surface area (Å²) < 4.78 is 10.4. The fourth-order valence-electron chi connectivity index (χ4n) is 3.30. The summed E-state index contributed by atoms with van der Waals surface area (Å²) in [5, 5.41) is 2.83. The molecule has 2 N–H and O–H groups in total. The summed E-state index contributed by atoms with van der Waals surface area (Å²) >= 11 is 0. The molecule has 1 aromatic heterocycles. The van der Waals surface area contributed by atoms with Crippen LogP contribution in [0.3, 0.4) is 0 Å². The molecular formula is C24H28N3O4+. The molecule has 0 aliphatic carbocycles. The Bertz CT molecular complexity index is 1000. The number of para-hydroxylation sites is 1. The molecule has 162 valence electrons. The van der Waals surface area contributed by atoms with Gasteiger partial charge in [0.25, 0.3) is 11.8 Å². The average molecular weight is 423 g/mol. The highest BCUT2D eigenvalue weighted by molar-refractivity contribution is 6.04. The van der Waals surface area contributed by atoms with E-state index in [-0.39, 0.29) is 18.4 Å². The van der Waals surface area contributed by atoms with E-state index in [9.17, 15) is 9.59 Å². The number of carbonyl (C=O) groups is 2. The zero-order valence-electron chi connectivity index (χ0n) is 18.1. The Morgan fingerprint density at radius 1 is 1.06 bits per heavy atom. The van der Waals surface area contributed by atoms with Crippen molar-refractivity contribution in [3.05, 3.63) is 83.8 Å². The minimum atomic E-state index is -0.259. The lowest BCUT2D eigenvalue weighted by Crippen LogP contribution is -3.08. The number of anilines is 1. The fourth-order valence-corrected chi connectivity index (χ4v) is 3.30. The van der Waals surface area contributed by atoms with Crippen LogP contribution < -0.4 is 19.9 Å². The molecule has 0 saturated heterocycles. The van der Waals surface area contributed by atoms with Gasteiger partial charge in [-0.1, -0.05) is 12.1 Å². The van der Waals surface area contributed by atoms with Gasteiger partial charge in [-0.3, -0.25) is 9.59 Å². The molecule has 3 rings (SSSR count). The van der Waals surface area contributed by atoms with Gasteiger partial charge >= 0.3 is 0 Å². The number of likely N-dealkylation sites (N-methyl/N-ethyl adjacent to an activating group) is 2. The van der Waals surface area contributed by atoms with Crippen molar-refractivity contribution in [2.45, 2.75) is 13.1 Å². The van der Waals surface area contributed by atoms with Crippen molar-refractivity contribution in [1.29, 1.82) is 0 Å². The van der Waals surface area contributed by atoms with E-state index in [0.29, 0.717) is 30.1 Å². The van der Waals surface area contributed by atoms with Crippen molar-refractivity contribution < 1.29 is 23.6 Å². The minimum Gasteiger partial charge on any atom is -0.497 e. The monoisotopic (exact) mass is 422 g/mol. The topological polar surface area (TPSA) is 76.2 Å². The maximum Gasteiger partial charge on any atom is 0.281 e. The fraction of sp³-hybridized carbons (Fsp3) is 0.250. The third kappa shape index (κ3) is 5.96. The highest BCUT2D eigenvalue weighted by atomic mass is 16.5. The number of ether oxygens (including phenoxy) is 1. The van der Waals surface area contributed by atoms with Gasteiger partial charge in [0.15, 0.2) is 6.54 Å². The predicted octanol–water partition coefficient (Wildman–Crippen LogP) is 1.90. The van der Waals surface area contributed by atoms with Crippen molar-refractivity contribution in [2.75, 3.05) is 32.6 Å². The predicted molar refractivity (Wildman–Crippen MR) is 118 cm³/mol. The van der Waals surface area contributed by atoms with Gasteiger partial charge in [-0.25, -0.2) is 0 Å². The van der Waals surface area contributed by atoms with Crippen LogP contribution in [0.4, 0.5) is 5.69 Å². The molecule has 0 aliphatic heterocycles. The number of amides is 2. The smallest absolute Gasteiger partial charge is 0.281 e. The molecule has 0 aliphatic rings. The minimum absolute atomic E-state index is 0.0719. The Labute approximate surface area is 182 Å². The molecule has 0 bridgehead atoms. The zero-order chi connectivity index (χ0) is 22.2. The van der Waals surface area contributed by atoms with E-state index in [2.05, 4.69) is 5.32 Å². The van der Waals surface area contributed by atoms with Crippen LogP contribution in [0, 0.1) is 0 Å². The average Bonchev–Trinajstić information content (AvgIpc) is 3.31. The normalized spacial score (nSPS) is 11.6. The van der Waals surface area contributed by atoms with Crippen LogP contribution in [-0.4, -0.2) is 39.6 Å². The first kappa shape index (κ1) is 22.1. The number of methoxy groups -OCH3 is 1. The number of quaternary nitrogens is 1. The van der Waals surface area contributed by atoms with Gasteiger partial charge in [0.1, 0.15) is 18.1 Å². The van der Waals surface area contributed by atoms with E-state index < -0.39 is 0 Å². The number of benzene rings is 2. The van der Waals surface area contributed by atoms with E-state index in [1.165, 1.54) is 0 Å². The standard InChI is InChI=1S/C24H27N3O4/c1-26(16-18-10-12-19(30-3)13-11-18)17-23(28)27(2)22-9-5-4-8-21(22)24(29)25-15-20-7-6-14-31-20/h4-14H,15-17H2,1-3H3,(H,25,29)/p+1. The molecular weight excluding hydrogens is 394 g/mol. The van der Waals surface area contributed by atoms with E-state index in [4.69, 9.17) is 9.15 Å². The largest absolute Gasteiger partial charge is 0.497 e. The van der Waals surface area contributed by atoms with Crippen molar-refractivity contribution >= 4 is 17.5 Å². The number of rotatable bonds is 9. The maximum absolute atomic E-state index is 12.9. The molecule has 1 atom stereocenters. The molecule has 0 spiro atoms. The van der Waals surface area contributed by atoms with E-state index >= 15 is 0 Å². The summed E-state index contributed by atoms with van der Waals surface area (Å²) in [4.78, 5) is 28.2. The van der Waals surface area contributed by atoms with Crippen LogP contribution >= 0.6 is 0 Å². The first-order chi connectivity index (χ1) is 15.0. The third-order valence-corrected chi connectivity index (χ3v) is 5.01. The number of nitrogens with zero attached hydrogens (tertiary/aromatic N) is 1. The molecule has 31 heavy (non-hydrogen) atoms. The Morgan fingerprint density at radius 3 is 2.48 bits per heavy atom. The Kier molecular flexibility index (Phi) is 7.45. The number of furan rings is 1. The van der Waals surface area contributed by atoms with Gasteiger partial charge in [-0.05, 0) is 48.5 Å². The third-order valence-electron chi connectivity index (χ3n) is 5.01. The van der Waals surface area contributed by atoms with Gasteiger partial charge < -0.3 is 24.3 Å². The summed E-state index contributed by atoms with van der Waals surface area (Å²) in [5.41, 5.74) is 2.13. The van der Waals surface area contributed by atoms with Crippen LogP contribution in [-0.2, 0) is 17.9 Å². The molecule has 0 radical (unpaired) electrons. The summed E-state index contributed by atoms with van der Waals surface area (Å²) in [6, 6.07) is 18.5. The quantitative estimate of drug-likeness (QED) is 0.552. The number of hydrogen-bond acceptors (Lipinski definition) is 4. The van der Waals surface area contributed by atoms with Crippen LogP contribution in [0.15, 0.2) is 71.3 Å². The van der Waals surface area contributed by atoms with Gasteiger partial charge in [-0.15, -0.1) is 0 Å². The highest BCUT2D eigenvalue weighted by Crippen LogP contribution is 2.19. The molecule has 0 saturated carbocycles. The summed E-state index contributed by atoms with van der Waals surface area (Å²) in [6.45, 7) is 1.28. The summed E-state index contributed by atoms with van der Waals surface area (Å²) in [6.07, 6.45) is 1.56. The Hall–Kier alpha value is -3.58. The van der Waals surface area contributed by atoms with Crippen LogP contribution in [0.2, 0.25) is 0 Å².